The molecule has 2 aromatic rings. The van der Waals surface area contributed by atoms with Crippen LogP contribution in [0.3, 0.4) is 0 Å². The van der Waals surface area contributed by atoms with Crippen LogP contribution in [-0.4, -0.2) is 17.9 Å². The fraction of sp³-hybridized carbons (Fsp3) is 0.312. The van der Waals surface area contributed by atoms with E-state index in [1.165, 1.54) is 6.07 Å². The summed E-state index contributed by atoms with van der Waals surface area (Å²) in [6, 6.07) is 10.3. The van der Waals surface area contributed by atoms with Crippen LogP contribution < -0.4 is 0 Å². The Morgan fingerprint density at radius 2 is 2.00 bits per heavy atom. The van der Waals surface area contributed by atoms with Crippen molar-refractivity contribution >= 4 is 5.91 Å². The smallest absolute Gasteiger partial charge is 0.223 e. The van der Waals surface area contributed by atoms with Gasteiger partial charge in [-0.05, 0) is 37.1 Å². The Morgan fingerprint density at radius 1 is 1.25 bits per heavy atom. The lowest BCUT2D eigenvalue weighted by Crippen LogP contribution is -2.26. The molecule has 0 saturated carbocycles. The highest BCUT2D eigenvalue weighted by Gasteiger charge is 2.12. The van der Waals surface area contributed by atoms with Gasteiger partial charge in [0.25, 0.3) is 0 Å². The molecule has 0 atom stereocenters. The third kappa shape index (κ3) is 3.70. The highest BCUT2D eigenvalue weighted by Crippen LogP contribution is 2.12. The average molecular weight is 275 g/mol. The van der Waals surface area contributed by atoms with Crippen molar-refractivity contribution < 1.29 is 13.6 Å². The third-order valence-corrected chi connectivity index (χ3v) is 3.18. The molecule has 2 rings (SSSR count). The van der Waals surface area contributed by atoms with E-state index in [-0.39, 0.29) is 18.1 Å². The van der Waals surface area contributed by atoms with E-state index >= 15 is 0 Å². The lowest BCUT2D eigenvalue weighted by molar-refractivity contribution is -0.130. The van der Waals surface area contributed by atoms with Gasteiger partial charge >= 0.3 is 0 Å². The minimum absolute atomic E-state index is 0.0256. The van der Waals surface area contributed by atoms with E-state index in [4.69, 9.17) is 4.42 Å². The minimum Gasteiger partial charge on any atom is -0.464 e. The summed E-state index contributed by atoms with van der Waals surface area (Å²) in [5, 5.41) is 0. The van der Waals surface area contributed by atoms with Crippen LogP contribution in [0.1, 0.15) is 23.5 Å². The Kier molecular flexibility index (Phi) is 4.56. The monoisotopic (exact) mass is 275 g/mol. The second-order valence-corrected chi connectivity index (χ2v) is 4.85. The van der Waals surface area contributed by atoms with E-state index in [1.54, 1.807) is 30.1 Å². The Morgan fingerprint density at radius 3 is 2.65 bits per heavy atom. The lowest BCUT2D eigenvalue weighted by Gasteiger charge is -2.15. The van der Waals surface area contributed by atoms with Crippen LogP contribution >= 0.6 is 0 Å². The molecule has 1 amide bonds. The number of hydrogen-bond donors (Lipinski definition) is 0. The maximum Gasteiger partial charge on any atom is 0.223 e. The SMILES string of the molecule is Cc1ccc(CN(C)C(=O)CCc2ccccc2F)o1. The standard InChI is InChI=1S/C16H18FNO2/c1-12-7-9-14(20-12)11-18(2)16(19)10-8-13-5-3-4-6-15(13)17/h3-7,9H,8,10-11H2,1-2H3. The van der Waals surface area contributed by atoms with Crippen molar-refractivity contribution in [2.75, 3.05) is 7.05 Å². The van der Waals surface area contributed by atoms with Crippen LogP contribution in [-0.2, 0) is 17.8 Å². The average Bonchev–Trinajstić information content (AvgIpc) is 2.82. The van der Waals surface area contributed by atoms with E-state index < -0.39 is 0 Å². The van der Waals surface area contributed by atoms with Crippen LogP contribution in [0.2, 0.25) is 0 Å². The van der Waals surface area contributed by atoms with Gasteiger partial charge in [-0.25, -0.2) is 4.39 Å². The molecule has 0 aliphatic heterocycles. The number of carbonyl (C=O) groups excluding carboxylic acids is 1. The van der Waals surface area contributed by atoms with Gasteiger partial charge in [-0.1, -0.05) is 18.2 Å². The maximum atomic E-state index is 13.5. The molecule has 106 valence electrons. The van der Waals surface area contributed by atoms with E-state index in [0.717, 1.165) is 11.5 Å². The molecular weight excluding hydrogens is 257 g/mol. The summed E-state index contributed by atoms with van der Waals surface area (Å²) in [4.78, 5) is 13.6. The summed E-state index contributed by atoms with van der Waals surface area (Å²) in [5.74, 6) is 1.29. The number of amides is 1. The quantitative estimate of drug-likeness (QED) is 0.838. The molecule has 0 spiro atoms. The number of furan rings is 1. The second-order valence-electron chi connectivity index (χ2n) is 4.85. The van der Waals surface area contributed by atoms with Gasteiger partial charge < -0.3 is 9.32 Å². The Balaban J connectivity index is 1.87. The maximum absolute atomic E-state index is 13.5. The Hall–Kier alpha value is -2.10. The molecule has 0 saturated heterocycles. The molecule has 1 aromatic heterocycles. The second kappa shape index (κ2) is 6.37. The fourth-order valence-corrected chi connectivity index (χ4v) is 2.03. The summed E-state index contributed by atoms with van der Waals surface area (Å²) >= 11 is 0. The number of rotatable bonds is 5. The summed E-state index contributed by atoms with van der Waals surface area (Å²) in [7, 11) is 1.72. The molecule has 1 heterocycles. The number of halogens is 1. The molecule has 0 aliphatic rings. The number of nitrogens with zero attached hydrogens (tertiary/aromatic N) is 1. The first-order chi connectivity index (χ1) is 9.56. The normalized spacial score (nSPS) is 10.6. The van der Waals surface area contributed by atoms with Gasteiger partial charge in [0.05, 0.1) is 6.54 Å². The molecule has 0 unspecified atom stereocenters. The minimum atomic E-state index is -0.260. The first kappa shape index (κ1) is 14.3. The first-order valence-electron chi connectivity index (χ1n) is 6.59. The number of hydrogen-bond acceptors (Lipinski definition) is 2. The predicted octanol–water partition coefficient (Wildman–Crippen LogP) is 3.32. The van der Waals surface area contributed by atoms with Gasteiger partial charge in [0.2, 0.25) is 5.91 Å². The van der Waals surface area contributed by atoms with Gasteiger partial charge in [0.1, 0.15) is 17.3 Å². The molecule has 1 aromatic carbocycles. The zero-order valence-corrected chi connectivity index (χ0v) is 11.7. The third-order valence-electron chi connectivity index (χ3n) is 3.18. The van der Waals surface area contributed by atoms with Crippen LogP contribution in [0.15, 0.2) is 40.8 Å². The summed E-state index contributed by atoms with van der Waals surface area (Å²) in [5.41, 5.74) is 0.572. The van der Waals surface area contributed by atoms with Gasteiger partial charge in [0.15, 0.2) is 0 Å². The highest BCUT2D eigenvalue weighted by molar-refractivity contribution is 5.76. The zero-order chi connectivity index (χ0) is 14.5. The summed E-state index contributed by atoms with van der Waals surface area (Å²) < 4.78 is 18.9. The van der Waals surface area contributed by atoms with Crippen molar-refractivity contribution in [1.29, 1.82) is 0 Å². The molecule has 20 heavy (non-hydrogen) atoms. The van der Waals surface area contributed by atoms with Crippen molar-refractivity contribution in [2.24, 2.45) is 0 Å². The first-order valence-corrected chi connectivity index (χ1v) is 6.59. The highest BCUT2D eigenvalue weighted by atomic mass is 19.1. The molecule has 0 bridgehead atoms. The van der Waals surface area contributed by atoms with Crippen molar-refractivity contribution in [3.63, 3.8) is 0 Å². The Bertz CT molecular complexity index is 592. The molecule has 4 heteroatoms. The summed E-state index contributed by atoms with van der Waals surface area (Å²) in [6.45, 7) is 2.30. The van der Waals surface area contributed by atoms with Crippen molar-refractivity contribution in [1.82, 2.24) is 4.90 Å². The van der Waals surface area contributed by atoms with Crippen molar-refractivity contribution in [3.05, 3.63) is 59.3 Å². The number of benzene rings is 1. The zero-order valence-electron chi connectivity index (χ0n) is 11.7. The summed E-state index contributed by atoms with van der Waals surface area (Å²) in [6.07, 6.45) is 0.699. The van der Waals surface area contributed by atoms with E-state index in [9.17, 15) is 9.18 Å². The Labute approximate surface area is 118 Å². The molecular formula is C16H18FNO2. The van der Waals surface area contributed by atoms with Crippen molar-refractivity contribution in [3.8, 4) is 0 Å². The van der Waals surface area contributed by atoms with E-state index in [0.29, 0.717) is 18.5 Å². The van der Waals surface area contributed by atoms with E-state index in [1.807, 2.05) is 19.1 Å². The van der Waals surface area contributed by atoms with Gasteiger partial charge in [-0.2, -0.15) is 0 Å². The van der Waals surface area contributed by atoms with Crippen LogP contribution in [0, 0.1) is 12.7 Å². The molecule has 3 nitrogen and oxygen atoms in total. The van der Waals surface area contributed by atoms with Gasteiger partial charge in [-0.15, -0.1) is 0 Å². The topological polar surface area (TPSA) is 33.5 Å². The predicted molar refractivity (Wildman–Crippen MR) is 74.6 cm³/mol. The molecule has 0 fully saturated rings. The van der Waals surface area contributed by atoms with Crippen LogP contribution in [0.25, 0.3) is 0 Å². The van der Waals surface area contributed by atoms with Gasteiger partial charge in [-0.3, -0.25) is 4.79 Å². The lowest BCUT2D eigenvalue weighted by atomic mass is 10.1. The number of aryl methyl sites for hydroxylation is 2. The molecule has 0 aliphatic carbocycles. The van der Waals surface area contributed by atoms with Crippen molar-refractivity contribution in [2.45, 2.75) is 26.3 Å². The largest absolute Gasteiger partial charge is 0.464 e. The van der Waals surface area contributed by atoms with Crippen LogP contribution in [0.4, 0.5) is 4.39 Å². The number of carbonyl (C=O) groups is 1. The fourth-order valence-electron chi connectivity index (χ4n) is 2.03. The van der Waals surface area contributed by atoms with E-state index in [2.05, 4.69) is 0 Å². The van der Waals surface area contributed by atoms with Gasteiger partial charge in [0, 0.05) is 13.5 Å². The molecule has 0 radical (unpaired) electrons. The van der Waals surface area contributed by atoms with Crippen LogP contribution in [0.5, 0.6) is 0 Å². The molecule has 0 N–H and O–H groups in total.